The number of unbranched alkanes of at least 4 members (excludes halogenated alkanes) is 6. The van der Waals surface area contributed by atoms with Gasteiger partial charge in [0.15, 0.2) is 0 Å². The second-order valence-corrected chi connectivity index (χ2v) is 4.36. The van der Waals surface area contributed by atoms with Crippen LogP contribution in [0, 0.1) is 0 Å². The van der Waals surface area contributed by atoms with E-state index in [9.17, 15) is 0 Å². The minimum absolute atomic E-state index is 0. The van der Waals surface area contributed by atoms with Gasteiger partial charge in [0.2, 0.25) is 0 Å². The summed E-state index contributed by atoms with van der Waals surface area (Å²) < 4.78 is 0. The van der Waals surface area contributed by atoms with Crippen molar-refractivity contribution in [1.82, 2.24) is 0 Å². The normalized spacial score (nSPS) is 9.81. The van der Waals surface area contributed by atoms with Gasteiger partial charge in [-0.2, -0.15) is 0 Å². The first-order valence-corrected chi connectivity index (χ1v) is 6.47. The molecule has 1 aromatic rings. The van der Waals surface area contributed by atoms with Crippen LogP contribution in [0.2, 0.25) is 0 Å². The Bertz CT molecular complexity index is 230. The summed E-state index contributed by atoms with van der Waals surface area (Å²) in [6.45, 7) is 2.27. The zero-order chi connectivity index (χ0) is 10.8. The van der Waals surface area contributed by atoms with Crippen LogP contribution in [-0.4, -0.2) is 0 Å². The zero-order valence-electron chi connectivity index (χ0n) is 10.5. The van der Waals surface area contributed by atoms with E-state index in [0.29, 0.717) is 0 Å². The molecule has 0 aliphatic heterocycles. The first-order chi connectivity index (χ1) is 7.43. The molecule has 0 atom stereocenters. The molecule has 0 radical (unpaired) electrons. The molecule has 0 N–H and O–H groups in total. The van der Waals surface area contributed by atoms with Gasteiger partial charge in [-0.15, -0.1) is 0 Å². The van der Waals surface area contributed by atoms with Gasteiger partial charge in [-0.3, -0.25) is 0 Å². The summed E-state index contributed by atoms with van der Waals surface area (Å²) in [6.07, 6.45) is 11.1. The molecule has 0 saturated heterocycles. The molecular weight excluding hydrogens is 364 g/mol. The predicted octanol–water partition coefficient (Wildman–Crippen LogP) is 4.98. The van der Waals surface area contributed by atoms with E-state index in [1.807, 2.05) is 0 Å². The Morgan fingerprint density at radius 1 is 0.750 bits per heavy atom. The number of aryl methyl sites for hydroxylation is 1. The van der Waals surface area contributed by atoms with Gasteiger partial charge in [-0.25, -0.2) is 0 Å². The summed E-state index contributed by atoms with van der Waals surface area (Å²) in [4.78, 5) is 0. The van der Waals surface area contributed by atoms with E-state index < -0.39 is 0 Å². The third-order valence-electron chi connectivity index (χ3n) is 2.91. The van der Waals surface area contributed by atoms with Crippen molar-refractivity contribution < 1.29 is 21.1 Å². The smallest absolute Gasteiger partial charge is 0 e. The van der Waals surface area contributed by atoms with E-state index in [0.717, 1.165) is 0 Å². The fraction of sp³-hybridized carbons (Fsp3) is 0.600. The average Bonchev–Trinajstić information content (AvgIpc) is 2.29. The van der Waals surface area contributed by atoms with Crippen molar-refractivity contribution >= 4 is 0 Å². The van der Waals surface area contributed by atoms with E-state index in [4.69, 9.17) is 0 Å². The Morgan fingerprint density at radius 3 is 1.94 bits per heavy atom. The maximum absolute atomic E-state index is 2.27. The fourth-order valence-corrected chi connectivity index (χ4v) is 1.93. The molecule has 0 bridgehead atoms. The molecule has 90 valence electrons. The first kappa shape index (κ1) is 15.9. The average molecular weight is 388 g/mol. The van der Waals surface area contributed by atoms with Crippen molar-refractivity contribution in [2.24, 2.45) is 0 Å². The Hall–Kier alpha value is -0.0917. The summed E-state index contributed by atoms with van der Waals surface area (Å²) in [7, 11) is 0. The van der Waals surface area contributed by atoms with Gasteiger partial charge < -0.3 is 0 Å². The molecule has 0 saturated carbocycles. The van der Waals surface area contributed by atoms with Crippen LogP contribution in [0.5, 0.6) is 0 Å². The summed E-state index contributed by atoms with van der Waals surface area (Å²) >= 11 is 0. The van der Waals surface area contributed by atoms with Crippen LogP contribution in [0.1, 0.15) is 57.4 Å². The maximum atomic E-state index is 2.27. The topological polar surface area (TPSA) is 0 Å². The van der Waals surface area contributed by atoms with Crippen LogP contribution in [0.25, 0.3) is 0 Å². The Kier molecular flexibility index (Phi) is 11.3. The molecule has 1 rings (SSSR count). The molecule has 0 unspecified atom stereocenters. The summed E-state index contributed by atoms with van der Waals surface area (Å²) in [5.74, 6) is 0. The third kappa shape index (κ3) is 8.11. The number of hydrogen-bond acceptors (Lipinski definition) is 0. The largest absolute Gasteiger partial charge is 0.0654 e. The minimum atomic E-state index is 0. The van der Waals surface area contributed by atoms with Gasteiger partial charge in [0.25, 0.3) is 0 Å². The molecule has 0 aromatic heterocycles. The Labute approximate surface area is 115 Å². The molecule has 16 heavy (non-hydrogen) atoms. The van der Waals surface area contributed by atoms with Crippen molar-refractivity contribution in [1.29, 1.82) is 0 Å². The number of hydrogen-bond donors (Lipinski definition) is 0. The van der Waals surface area contributed by atoms with Crippen LogP contribution < -0.4 is 0 Å². The van der Waals surface area contributed by atoms with Crippen LogP contribution in [0.15, 0.2) is 30.3 Å². The van der Waals surface area contributed by atoms with Crippen molar-refractivity contribution in [2.75, 3.05) is 0 Å². The molecule has 0 fully saturated rings. The Balaban J connectivity index is 0.00000225. The van der Waals surface area contributed by atoms with Crippen LogP contribution in [0.4, 0.5) is 0 Å². The van der Waals surface area contributed by atoms with Gasteiger partial charge in [0, 0.05) is 21.1 Å². The summed E-state index contributed by atoms with van der Waals surface area (Å²) in [5, 5.41) is 0. The van der Waals surface area contributed by atoms with E-state index >= 15 is 0 Å². The van der Waals surface area contributed by atoms with Gasteiger partial charge in [-0.05, 0) is 18.4 Å². The number of benzene rings is 1. The first-order valence-electron chi connectivity index (χ1n) is 6.47. The van der Waals surface area contributed by atoms with Gasteiger partial charge >= 0.3 is 0 Å². The van der Waals surface area contributed by atoms with E-state index in [2.05, 4.69) is 37.3 Å². The molecule has 0 aliphatic rings. The maximum Gasteiger partial charge on any atom is 0 e. The monoisotopic (exact) mass is 388 g/mol. The molecule has 1 heteroatoms. The predicted molar refractivity (Wildman–Crippen MR) is 68.1 cm³/mol. The quantitative estimate of drug-likeness (QED) is 0.552. The van der Waals surface area contributed by atoms with Crippen LogP contribution >= 0.6 is 0 Å². The van der Waals surface area contributed by atoms with Crippen molar-refractivity contribution in [3.63, 3.8) is 0 Å². The van der Waals surface area contributed by atoms with Crippen molar-refractivity contribution in [3.05, 3.63) is 35.9 Å². The third-order valence-corrected chi connectivity index (χ3v) is 2.91. The van der Waals surface area contributed by atoms with Crippen LogP contribution in [-0.2, 0) is 27.5 Å². The second kappa shape index (κ2) is 11.4. The molecule has 0 heterocycles. The summed E-state index contributed by atoms with van der Waals surface area (Å²) in [6, 6.07) is 10.8. The number of rotatable bonds is 8. The molecular formula is C15H24W. The molecule has 1 aromatic carbocycles. The summed E-state index contributed by atoms with van der Waals surface area (Å²) in [5.41, 5.74) is 1.49. The van der Waals surface area contributed by atoms with Crippen LogP contribution in [0.3, 0.4) is 0 Å². The molecule has 0 amide bonds. The Morgan fingerprint density at radius 2 is 1.31 bits per heavy atom. The molecule has 0 spiro atoms. The van der Waals surface area contributed by atoms with E-state index in [1.54, 1.807) is 0 Å². The molecule has 0 aliphatic carbocycles. The molecule has 0 nitrogen and oxygen atoms in total. The van der Waals surface area contributed by atoms with Crippen molar-refractivity contribution in [2.45, 2.75) is 58.3 Å². The van der Waals surface area contributed by atoms with E-state index in [1.165, 1.54) is 56.9 Å². The minimum Gasteiger partial charge on any atom is -0.0654 e. The van der Waals surface area contributed by atoms with Gasteiger partial charge in [0.05, 0.1) is 0 Å². The fourth-order valence-electron chi connectivity index (χ4n) is 1.93. The SMILES string of the molecule is CCCCCCCCCc1ccccc1.[W]. The van der Waals surface area contributed by atoms with Gasteiger partial charge in [0.1, 0.15) is 0 Å². The zero-order valence-corrected chi connectivity index (χ0v) is 13.4. The van der Waals surface area contributed by atoms with Crippen molar-refractivity contribution in [3.8, 4) is 0 Å². The standard InChI is InChI=1S/C15H24.W/c1-2-3-4-5-6-7-9-12-15-13-10-8-11-14-15;/h8,10-11,13-14H,2-7,9,12H2,1H3;. The second-order valence-electron chi connectivity index (χ2n) is 4.36. The van der Waals surface area contributed by atoms with E-state index in [-0.39, 0.29) is 21.1 Å². The van der Waals surface area contributed by atoms with Gasteiger partial charge in [-0.1, -0.05) is 75.8 Å².